The molecular formula is C25H30Cl2N2O2. The molecule has 0 unspecified atom stereocenters. The maximum Gasteiger partial charge on any atom is 0.325 e. The Kier molecular flexibility index (Phi) is 5.89. The van der Waals surface area contributed by atoms with E-state index in [0.717, 1.165) is 24.0 Å². The molecule has 4 atom stereocenters. The van der Waals surface area contributed by atoms with Crippen molar-refractivity contribution < 1.29 is 9.53 Å². The maximum atomic E-state index is 13.3. The van der Waals surface area contributed by atoms with Crippen LogP contribution in [0.3, 0.4) is 0 Å². The van der Waals surface area contributed by atoms with Crippen LogP contribution in [0.2, 0.25) is 10.0 Å². The van der Waals surface area contributed by atoms with Gasteiger partial charge in [0, 0.05) is 22.0 Å². The summed E-state index contributed by atoms with van der Waals surface area (Å²) in [6.07, 6.45) is 1.90. The molecule has 0 radical (unpaired) electrons. The van der Waals surface area contributed by atoms with Crippen molar-refractivity contribution in [3.8, 4) is 0 Å². The van der Waals surface area contributed by atoms with Gasteiger partial charge in [-0.05, 0) is 55.2 Å². The Morgan fingerprint density at radius 2 is 1.71 bits per heavy atom. The number of hydrogen-bond donors (Lipinski definition) is 1. The number of hydrogen-bond acceptors (Lipinski definition) is 4. The molecule has 4 nitrogen and oxygen atoms in total. The number of esters is 1. The van der Waals surface area contributed by atoms with Gasteiger partial charge in [0.05, 0.1) is 5.54 Å². The fourth-order valence-electron chi connectivity index (χ4n) is 5.89. The number of rotatable bonds is 5. The van der Waals surface area contributed by atoms with Crippen LogP contribution in [0.4, 0.5) is 0 Å². The molecule has 2 aromatic rings. The summed E-state index contributed by atoms with van der Waals surface area (Å²) in [6, 6.07) is 14.9. The number of carbonyl (C=O) groups excluding carboxylic acids is 1. The molecule has 0 spiro atoms. The predicted octanol–water partition coefficient (Wildman–Crippen LogP) is 5.71. The molecule has 0 aliphatic carbocycles. The quantitative estimate of drug-likeness (QED) is 0.580. The summed E-state index contributed by atoms with van der Waals surface area (Å²) in [5.41, 5.74) is 7.83. The number of nitrogens with two attached hydrogens (primary N) is 1. The molecule has 6 heteroatoms. The van der Waals surface area contributed by atoms with E-state index >= 15 is 0 Å². The van der Waals surface area contributed by atoms with Crippen molar-refractivity contribution >= 4 is 29.2 Å². The lowest BCUT2D eigenvalue weighted by Gasteiger charge is -2.45. The fraction of sp³-hybridized carbons (Fsp3) is 0.480. The Labute approximate surface area is 194 Å². The number of nitrogens with zero attached hydrogens (tertiary/aromatic N) is 1. The Bertz CT molecular complexity index is 974. The molecule has 2 aromatic carbocycles. The topological polar surface area (TPSA) is 55.6 Å². The summed E-state index contributed by atoms with van der Waals surface area (Å²) >= 11 is 12.6. The van der Waals surface area contributed by atoms with Gasteiger partial charge in [-0.15, -0.1) is 0 Å². The largest absolute Gasteiger partial charge is 0.443 e. The first-order chi connectivity index (χ1) is 14.6. The van der Waals surface area contributed by atoms with Crippen molar-refractivity contribution in [2.75, 3.05) is 0 Å². The van der Waals surface area contributed by atoms with Crippen LogP contribution in [0, 0.1) is 5.92 Å². The number of carbonyl (C=O) groups is 1. The molecule has 2 heterocycles. The van der Waals surface area contributed by atoms with E-state index in [-0.39, 0.29) is 23.8 Å². The molecule has 2 N–H and O–H groups in total. The fourth-order valence-corrected chi connectivity index (χ4v) is 6.21. The van der Waals surface area contributed by atoms with Gasteiger partial charge in [-0.1, -0.05) is 74.2 Å². The van der Waals surface area contributed by atoms with Crippen molar-refractivity contribution in [1.29, 1.82) is 0 Å². The molecule has 2 saturated heterocycles. The van der Waals surface area contributed by atoms with Crippen LogP contribution in [-0.2, 0) is 15.1 Å². The van der Waals surface area contributed by atoms with E-state index in [2.05, 4.69) is 18.7 Å². The highest BCUT2D eigenvalue weighted by atomic mass is 35.5. The average molecular weight is 461 g/mol. The molecule has 2 aliphatic rings. The van der Waals surface area contributed by atoms with E-state index in [1.807, 2.05) is 62.4 Å². The lowest BCUT2D eigenvalue weighted by Crippen LogP contribution is -2.58. The van der Waals surface area contributed by atoms with Gasteiger partial charge in [0.15, 0.2) is 5.72 Å². The lowest BCUT2D eigenvalue weighted by atomic mass is 9.68. The van der Waals surface area contributed by atoms with E-state index in [1.54, 1.807) is 0 Å². The third-order valence-corrected chi connectivity index (χ3v) is 7.67. The summed E-state index contributed by atoms with van der Waals surface area (Å²) in [5, 5.41) is 1.28. The van der Waals surface area contributed by atoms with Crippen LogP contribution in [0.1, 0.15) is 57.6 Å². The van der Waals surface area contributed by atoms with Crippen LogP contribution >= 0.6 is 23.2 Å². The molecule has 31 heavy (non-hydrogen) atoms. The highest BCUT2D eigenvalue weighted by Gasteiger charge is 2.69. The number of benzene rings is 2. The molecule has 166 valence electrons. The van der Waals surface area contributed by atoms with E-state index in [4.69, 9.17) is 33.7 Å². The average Bonchev–Trinajstić information content (AvgIpc) is 3.13. The standard InChI is InChI=1S/C25H30Cl2N2O2/c1-5-15(6-2)22-25(28,17-10-12-18(26)13-11-17)20(16-8-7-9-19(27)14-16)21-23(30)31-24(3,4)29(21)22/h7-15,20-22H,5-6,28H2,1-4H3/t20-,21+,22-,25-/m0/s1. The van der Waals surface area contributed by atoms with Crippen molar-refractivity contribution in [2.45, 2.75) is 69.8 Å². The third kappa shape index (κ3) is 3.48. The molecule has 2 aliphatic heterocycles. The van der Waals surface area contributed by atoms with Crippen LogP contribution < -0.4 is 5.73 Å². The second kappa shape index (κ2) is 8.08. The van der Waals surface area contributed by atoms with Crippen molar-refractivity contribution in [2.24, 2.45) is 11.7 Å². The highest BCUT2D eigenvalue weighted by Crippen LogP contribution is 2.57. The maximum absolute atomic E-state index is 13.3. The van der Waals surface area contributed by atoms with E-state index in [1.165, 1.54) is 0 Å². The summed E-state index contributed by atoms with van der Waals surface area (Å²) in [5.74, 6) is -0.263. The van der Waals surface area contributed by atoms with Gasteiger partial charge in [-0.25, -0.2) is 4.90 Å². The van der Waals surface area contributed by atoms with Gasteiger partial charge in [-0.3, -0.25) is 4.79 Å². The van der Waals surface area contributed by atoms with Crippen LogP contribution in [0.5, 0.6) is 0 Å². The van der Waals surface area contributed by atoms with Crippen molar-refractivity contribution in [3.05, 3.63) is 69.7 Å². The lowest BCUT2D eigenvalue weighted by molar-refractivity contribution is -0.153. The molecular weight excluding hydrogens is 431 g/mol. The van der Waals surface area contributed by atoms with Gasteiger partial charge < -0.3 is 10.5 Å². The minimum absolute atomic E-state index is 0.0980. The minimum Gasteiger partial charge on any atom is -0.443 e. The van der Waals surface area contributed by atoms with Gasteiger partial charge in [0.1, 0.15) is 6.04 Å². The van der Waals surface area contributed by atoms with Crippen molar-refractivity contribution in [3.63, 3.8) is 0 Å². The monoisotopic (exact) mass is 460 g/mol. The molecule has 2 fully saturated rings. The highest BCUT2D eigenvalue weighted by molar-refractivity contribution is 6.30. The van der Waals surface area contributed by atoms with Gasteiger partial charge in [0.25, 0.3) is 0 Å². The first kappa shape index (κ1) is 22.6. The zero-order chi connectivity index (χ0) is 22.6. The Balaban J connectivity index is 2.02. The smallest absolute Gasteiger partial charge is 0.325 e. The second-order valence-electron chi connectivity index (χ2n) is 9.21. The second-order valence-corrected chi connectivity index (χ2v) is 10.1. The van der Waals surface area contributed by atoms with E-state index in [9.17, 15) is 4.79 Å². The van der Waals surface area contributed by atoms with E-state index in [0.29, 0.717) is 10.0 Å². The third-order valence-electron chi connectivity index (χ3n) is 7.18. The molecule has 4 rings (SSSR count). The van der Waals surface area contributed by atoms with Gasteiger partial charge >= 0.3 is 5.97 Å². The summed E-state index contributed by atoms with van der Waals surface area (Å²) in [4.78, 5) is 15.5. The minimum atomic E-state index is -0.826. The molecule has 0 aromatic heterocycles. The summed E-state index contributed by atoms with van der Waals surface area (Å²) in [6.45, 7) is 8.29. The Hall–Kier alpha value is -1.59. The van der Waals surface area contributed by atoms with E-state index < -0.39 is 17.3 Å². The Morgan fingerprint density at radius 1 is 1.06 bits per heavy atom. The number of ether oxygens (including phenoxy) is 1. The normalized spacial score (nSPS) is 29.9. The van der Waals surface area contributed by atoms with Crippen LogP contribution in [-0.4, -0.2) is 28.7 Å². The Morgan fingerprint density at radius 3 is 2.29 bits per heavy atom. The van der Waals surface area contributed by atoms with Crippen LogP contribution in [0.25, 0.3) is 0 Å². The van der Waals surface area contributed by atoms with Gasteiger partial charge in [0.2, 0.25) is 0 Å². The van der Waals surface area contributed by atoms with Crippen LogP contribution in [0.15, 0.2) is 48.5 Å². The zero-order valence-electron chi connectivity index (χ0n) is 18.4. The first-order valence-electron chi connectivity index (χ1n) is 11.0. The first-order valence-corrected chi connectivity index (χ1v) is 11.7. The number of halogens is 2. The van der Waals surface area contributed by atoms with Gasteiger partial charge in [-0.2, -0.15) is 0 Å². The predicted molar refractivity (Wildman–Crippen MR) is 125 cm³/mol. The summed E-state index contributed by atoms with van der Waals surface area (Å²) < 4.78 is 5.89. The SMILES string of the molecule is CCC(CC)[C@@H]1N2[C@@H](C(=O)OC2(C)C)[C@H](c2cccc(Cl)c2)[C@@]1(N)c1ccc(Cl)cc1. The van der Waals surface area contributed by atoms with Crippen molar-refractivity contribution in [1.82, 2.24) is 4.90 Å². The molecule has 0 amide bonds. The summed E-state index contributed by atoms with van der Waals surface area (Å²) in [7, 11) is 0. The molecule has 0 bridgehead atoms. The molecule has 0 saturated carbocycles. The number of fused-ring (bicyclic) bond motifs is 1. The zero-order valence-corrected chi connectivity index (χ0v) is 20.0. The number of cyclic esters (lactones) is 1.